The molecule has 0 bridgehead atoms. The van der Waals surface area contributed by atoms with Gasteiger partial charge < -0.3 is 19.0 Å². The highest BCUT2D eigenvalue weighted by Crippen LogP contribution is 2.29. The van der Waals surface area contributed by atoms with E-state index in [0.717, 1.165) is 34.5 Å². The molecule has 1 N–H and O–H groups in total. The zero-order valence-corrected chi connectivity index (χ0v) is 16.1. The lowest BCUT2D eigenvalue weighted by atomic mass is 10.0. The van der Waals surface area contributed by atoms with Gasteiger partial charge >= 0.3 is 0 Å². The van der Waals surface area contributed by atoms with Crippen LogP contribution >= 0.6 is 0 Å². The molecule has 5 rings (SSSR count). The molecule has 29 heavy (non-hydrogen) atoms. The van der Waals surface area contributed by atoms with Crippen molar-refractivity contribution in [2.75, 3.05) is 19.0 Å². The van der Waals surface area contributed by atoms with Crippen LogP contribution in [0, 0.1) is 0 Å². The van der Waals surface area contributed by atoms with Crippen LogP contribution in [0.4, 0.5) is 11.7 Å². The number of anilines is 2. The van der Waals surface area contributed by atoms with E-state index >= 15 is 0 Å². The van der Waals surface area contributed by atoms with Gasteiger partial charge in [-0.2, -0.15) is 4.98 Å². The predicted molar refractivity (Wildman–Crippen MR) is 117 cm³/mol. The Hall–Kier alpha value is -3.57. The quantitative estimate of drug-likeness (QED) is 0.400. The molecule has 144 valence electrons. The number of oxazole rings is 1. The SMILES string of the molecule is COCCn1ccc2cc(-c3ccc4oc(Nc5ccccc5)nc4c3)ccc21. The summed E-state index contributed by atoms with van der Waals surface area (Å²) in [6.45, 7) is 1.55. The lowest BCUT2D eigenvalue weighted by Crippen LogP contribution is -2.02. The lowest BCUT2D eigenvalue weighted by molar-refractivity contribution is 0.188. The van der Waals surface area contributed by atoms with Gasteiger partial charge in [0.1, 0.15) is 5.52 Å². The molecule has 3 aromatic carbocycles. The highest BCUT2D eigenvalue weighted by Gasteiger charge is 2.09. The van der Waals surface area contributed by atoms with Crippen LogP contribution in [0.25, 0.3) is 33.1 Å². The third-order valence-electron chi connectivity index (χ3n) is 5.05. The number of methoxy groups -OCH3 is 1. The van der Waals surface area contributed by atoms with Crippen molar-refractivity contribution in [1.82, 2.24) is 9.55 Å². The highest BCUT2D eigenvalue weighted by molar-refractivity contribution is 5.88. The third kappa shape index (κ3) is 3.48. The molecule has 5 nitrogen and oxygen atoms in total. The van der Waals surface area contributed by atoms with Crippen LogP contribution < -0.4 is 5.32 Å². The van der Waals surface area contributed by atoms with Crippen molar-refractivity contribution in [3.05, 3.63) is 79.0 Å². The van der Waals surface area contributed by atoms with E-state index in [1.807, 2.05) is 36.4 Å². The lowest BCUT2D eigenvalue weighted by Gasteiger charge is -2.06. The number of hydrogen-bond donors (Lipinski definition) is 1. The molecule has 0 amide bonds. The zero-order chi connectivity index (χ0) is 19.6. The minimum absolute atomic E-state index is 0.494. The van der Waals surface area contributed by atoms with Gasteiger partial charge in [0.05, 0.1) is 6.61 Å². The molecule has 0 radical (unpaired) electrons. The number of aromatic nitrogens is 2. The molecule has 2 heterocycles. The van der Waals surface area contributed by atoms with Crippen LogP contribution in [-0.2, 0) is 11.3 Å². The smallest absolute Gasteiger partial charge is 0.300 e. The number of para-hydroxylation sites is 1. The van der Waals surface area contributed by atoms with E-state index < -0.39 is 0 Å². The number of fused-ring (bicyclic) bond motifs is 2. The van der Waals surface area contributed by atoms with Crippen molar-refractivity contribution in [3.63, 3.8) is 0 Å². The van der Waals surface area contributed by atoms with E-state index in [9.17, 15) is 0 Å². The molecular formula is C24H21N3O2. The predicted octanol–water partition coefficient (Wildman–Crippen LogP) is 5.84. The molecule has 5 heteroatoms. The van der Waals surface area contributed by atoms with E-state index in [-0.39, 0.29) is 0 Å². The van der Waals surface area contributed by atoms with E-state index in [2.05, 4.69) is 57.5 Å². The van der Waals surface area contributed by atoms with Gasteiger partial charge in [-0.15, -0.1) is 0 Å². The van der Waals surface area contributed by atoms with E-state index in [0.29, 0.717) is 12.6 Å². The normalized spacial score (nSPS) is 11.3. The van der Waals surface area contributed by atoms with Gasteiger partial charge in [-0.25, -0.2) is 0 Å². The Morgan fingerprint density at radius 1 is 0.966 bits per heavy atom. The summed E-state index contributed by atoms with van der Waals surface area (Å²) in [7, 11) is 1.73. The van der Waals surface area contributed by atoms with E-state index in [1.165, 1.54) is 10.9 Å². The van der Waals surface area contributed by atoms with Crippen molar-refractivity contribution in [2.45, 2.75) is 6.54 Å². The summed E-state index contributed by atoms with van der Waals surface area (Å²) in [5, 5.41) is 4.42. The molecular weight excluding hydrogens is 362 g/mol. The Kier molecular flexibility index (Phi) is 4.50. The third-order valence-corrected chi connectivity index (χ3v) is 5.05. The fraction of sp³-hybridized carbons (Fsp3) is 0.125. The fourth-order valence-corrected chi connectivity index (χ4v) is 3.57. The monoisotopic (exact) mass is 383 g/mol. The average molecular weight is 383 g/mol. The van der Waals surface area contributed by atoms with E-state index in [1.54, 1.807) is 7.11 Å². The average Bonchev–Trinajstić information content (AvgIpc) is 3.35. The van der Waals surface area contributed by atoms with Crippen molar-refractivity contribution >= 4 is 33.7 Å². The van der Waals surface area contributed by atoms with E-state index in [4.69, 9.17) is 9.15 Å². The number of benzene rings is 3. The molecule has 0 saturated heterocycles. The maximum absolute atomic E-state index is 5.84. The molecule has 5 aromatic rings. The van der Waals surface area contributed by atoms with Crippen molar-refractivity contribution in [2.24, 2.45) is 0 Å². The number of hydrogen-bond acceptors (Lipinski definition) is 4. The summed E-state index contributed by atoms with van der Waals surface area (Å²) in [4.78, 5) is 4.60. The van der Waals surface area contributed by atoms with Crippen LogP contribution in [0.2, 0.25) is 0 Å². The van der Waals surface area contributed by atoms with Crippen molar-refractivity contribution in [3.8, 4) is 11.1 Å². The molecule has 0 saturated carbocycles. The minimum atomic E-state index is 0.494. The summed E-state index contributed by atoms with van der Waals surface area (Å²) in [5.74, 6) is 0. The van der Waals surface area contributed by atoms with Crippen LogP contribution in [0.1, 0.15) is 0 Å². The number of nitrogens with zero attached hydrogens (tertiary/aromatic N) is 2. The van der Waals surface area contributed by atoms with Gasteiger partial charge in [0.25, 0.3) is 6.01 Å². The number of nitrogens with one attached hydrogen (secondary N) is 1. The van der Waals surface area contributed by atoms with Crippen LogP contribution in [0.5, 0.6) is 0 Å². The summed E-state index contributed by atoms with van der Waals surface area (Å²) < 4.78 is 13.2. The summed E-state index contributed by atoms with van der Waals surface area (Å²) >= 11 is 0. The molecule has 0 fully saturated rings. The van der Waals surface area contributed by atoms with Gasteiger partial charge in [0.15, 0.2) is 5.58 Å². The summed E-state index contributed by atoms with van der Waals surface area (Å²) in [5.41, 5.74) is 6.02. The Labute approximate surface area is 168 Å². The van der Waals surface area contributed by atoms with Gasteiger partial charge in [0, 0.05) is 36.4 Å². The topological polar surface area (TPSA) is 52.2 Å². The second kappa shape index (κ2) is 7.45. The molecule has 2 aromatic heterocycles. The Morgan fingerprint density at radius 2 is 1.79 bits per heavy atom. The first-order valence-electron chi connectivity index (χ1n) is 9.61. The molecule has 0 unspecified atom stereocenters. The van der Waals surface area contributed by atoms with Crippen LogP contribution in [-0.4, -0.2) is 23.3 Å². The standard InChI is InChI=1S/C24H21N3O2/c1-28-14-13-27-12-11-19-15-17(7-9-22(19)27)18-8-10-23-21(16-18)26-24(29-23)25-20-5-3-2-4-6-20/h2-12,15-16H,13-14H2,1H3,(H,25,26). The molecule has 0 atom stereocenters. The maximum Gasteiger partial charge on any atom is 0.300 e. The Morgan fingerprint density at radius 3 is 2.66 bits per heavy atom. The fourth-order valence-electron chi connectivity index (χ4n) is 3.57. The number of rotatable bonds is 6. The van der Waals surface area contributed by atoms with Crippen molar-refractivity contribution in [1.29, 1.82) is 0 Å². The van der Waals surface area contributed by atoms with Gasteiger partial charge in [-0.1, -0.05) is 30.3 Å². The number of ether oxygens (including phenoxy) is 1. The first-order chi connectivity index (χ1) is 14.3. The largest absolute Gasteiger partial charge is 0.423 e. The van der Waals surface area contributed by atoms with Gasteiger partial charge in [-0.05, 0) is 53.6 Å². The molecule has 0 aliphatic heterocycles. The zero-order valence-electron chi connectivity index (χ0n) is 16.1. The Balaban J connectivity index is 1.45. The highest BCUT2D eigenvalue weighted by atomic mass is 16.5. The molecule has 0 aliphatic rings. The maximum atomic E-state index is 5.84. The second-order valence-electron chi connectivity index (χ2n) is 6.97. The van der Waals surface area contributed by atoms with Gasteiger partial charge in [-0.3, -0.25) is 0 Å². The minimum Gasteiger partial charge on any atom is -0.423 e. The molecule has 0 spiro atoms. The summed E-state index contributed by atoms with van der Waals surface area (Å²) in [6, 6.07) is 25.2. The second-order valence-corrected chi connectivity index (χ2v) is 6.97. The first-order valence-corrected chi connectivity index (χ1v) is 9.61. The van der Waals surface area contributed by atoms with Crippen molar-refractivity contribution < 1.29 is 9.15 Å². The summed E-state index contributed by atoms with van der Waals surface area (Å²) in [6.07, 6.45) is 2.11. The van der Waals surface area contributed by atoms with Gasteiger partial charge in [0.2, 0.25) is 0 Å². The molecule has 0 aliphatic carbocycles. The van der Waals surface area contributed by atoms with Crippen LogP contribution in [0.3, 0.4) is 0 Å². The van der Waals surface area contributed by atoms with Crippen LogP contribution in [0.15, 0.2) is 83.4 Å². The first kappa shape index (κ1) is 17.5. The Bertz CT molecular complexity index is 1270.